The summed E-state index contributed by atoms with van der Waals surface area (Å²) in [6, 6.07) is 3.66. The summed E-state index contributed by atoms with van der Waals surface area (Å²) in [5, 5.41) is 0.467. The van der Waals surface area contributed by atoms with Gasteiger partial charge in [0.25, 0.3) is 0 Å². The Hall–Kier alpha value is -1.04. The fourth-order valence-electron chi connectivity index (χ4n) is 0.747. The summed E-state index contributed by atoms with van der Waals surface area (Å²) in [5.41, 5.74) is 0.856. The zero-order valence-electron chi connectivity index (χ0n) is 6.46. The smallest absolute Gasteiger partial charge is 0.134 e. The average Bonchev–Trinajstić information content (AvgIpc) is 2.09. The lowest BCUT2D eigenvalue weighted by Crippen LogP contribution is -1.94. The predicted molar refractivity (Wildman–Crippen MR) is 47.7 cm³/mol. The van der Waals surface area contributed by atoms with Gasteiger partial charge in [0.2, 0.25) is 0 Å². The lowest BCUT2D eigenvalue weighted by molar-refractivity contribution is 0.153. The monoisotopic (exact) mass is 181 g/mol. The highest BCUT2D eigenvalue weighted by molar-refractivity contribution is 6.30. The van der Waals surface area contributed by atoms with Crippen molar-refractivity contribution in [2.24, 2.45) is 0 Å². The fraction of sp³-hybridized carbons (Fsp3) is 0.222. The maximum atomic E-state index is 5.76. The minimum Gasteiger partial charge on any atom is -0.364 e. The van der Waals surface area contributed by atoms with Crippen molar-refractivity contribution in [3.63, 3.8) is 0 Å². The summed E-state index contributed by atoms with van der Waals surface area (Å²) in [6.45, 7) is 0.710. The van der Waals surface area contributed by atoms with Gasteiger partial charge in [0.05, 0.1) is 6.61 Å². The minimum atomic E-state index is 0.297. The molecular weight excluding hydrogens is 174 g/mol. The number of terminal acetylenes is 1. The number of rotatable bonds is 3. The van der Waals surface area contributed by atoms with Crippen molar-refractivity contribution in [1.29, 1.82) is 0 Å². The van der Waals surface area contributed by atoms with Gasteiger partial charge in [-0.2, -0.15) is 0 Å². The molecule has 2 nitrogen and oxygen atoms in total. The molecule has 1 aromatic heterocycles. The Labute approximate surface area is 76.5 Å². The highest BCUT2D eigenvalue weighted by Crippen LogP contribution is 2.11. The van der Waals surface area contributed by atoms with E-state index in [2.05, 4.69) is 10.9 Å². The molecule has 0 aromatic carbocycles. The summed E-state index contributed by atoms with van der Waals surface area (Å²) in [7, 11) is 0. The molecule has 0 amide bonds. The van der Waals surface area contributed by atoms with Crippen molar-refractivity contribution in [3.05, 3.63) is 29.0 Å². The van der Waals surface area contributed by atoms with Gasteiger partial charge in [-0.15, -0.1) is 6.42 Å². The third-order valence-corrected chi connectivity index (χ3v) is 1.62. The molecule has 0 aliphatic heterocycles. The van der Waals surface area contributed by atoms with Gasteiger partial charge in [-0.05, 0) is 6.07 Å². The van der Waals surface area contributed by atoms with Crippen molar-refractivity contribution in [2.75, 3.05) is 6.61 Å². The standard InChI is InChI=1S/C9H8ClNO/c1-2-6-12-7-8-4-3-5-11-9(8)10/h1,3-5H,6-7H2. The van der Waals surface area contributed by atoms with E-state index in [0.29, 0.717) is 18.4 Å². The number of hydrogen-bond acceptors (Lipinski definition) is 2. The number of aromatic nitrogens is 1. The molecular formula is C9H8ClNO. The van der Waals surface area contributed by atoms with Crippen LogP contribution in [0.25, 0.3) is 0 Å². The predicted octanol–water partition coefficient (Wildman–Crippen LogP) is 1.88. The molecule has 0 aliphatic rings. The highest BCUT2D eigenvalue weighted by Gasteiger charge is 1.98. The second kappa shape index (κ2) is 4.76. The molecule has 0 saturated heterocycles. The maximum absolute atomic E-state index is 5.76. The molecule has 0 atom stereocenters. The number of halogens is 1. The molecule has 1 aromatic rings. The molecule has 0 unspecified atom stereocenters. The Morgan fingerprint density at radius 2 is 2.50 bits per heavy atom. The Morgan fingerprint density at radius 3 is 3.17 bits per heavy atom. The van der Waals surface area contributed by atoms with Crippen LogP contribution in [0.2, 0.25) is 5.15 Å². The van der Waals surface area contributed by atoms with E-state index in [1.54, 1.807) is 12.3 Å². The van der Waals surface area contributed by atoms with Crippen molar-refractivity contribution in [3.8, 4) is 12.3 Å². The van der Waals surface area contributed by atoms with Crippen LogP contribution in [0.3, 0.4) is 0 Å². The van der Waals surface area contributed by atoms with Crippen molar-refractivity contribution in [2.45, 2.75) is 6.61 Å². The van der Waals surface area contributed by atoms with Crippen LogP contribution in [-0.4, -0.2) is 11.6 Å². The molecule has 0 N–H and O–H groups in total. The van der Waals surface area contributed by atoms with E-state index >= 15 is 0 Å². The second-order valence-electron chi connectivity index (χ2n) is 2.15. The Morgan fingerprint density at radius 1 is 1.67 bits per heavy atom. The SMILES string of the molecule is C#CCOCc1cccnc1Cl. The number of pyridine rings is 1. The summed E-state index contributed by atoms with van der Waals surface area (Å²) >= 11 is 5.76. The van der Waals surface area contributed by atoms with E-state index in [1.165, 1.54) is 0 Å². The Balaban J connectivity index is 2.53. The highest BCUT2D eigenvalue weighted by atomic mass is 35.5. The molecule has 0 aliphatic carbocycles. The maximum Gasteiger partial charge on any atom is 0.134 e. The number of ether oxygens (including phenoxy) is 1. The van der Waals surface area contributed by atoms with Crippen LogP contribution in [-0.2, 0) is 11.3 Å². The third kappa shape index (κ3) is 2.54. The van der Waals surface area contributed by atoms with E-state index in [1.807, 2.05) is 6.07 Å². The molecule has 12 heavy (non-hydrogen) atoms. The van der Waals surface area contributed by atoms with Gasteiger partial charge < -0.3 is 4.74 Å². The van der Waals surface area contributed by atoms with Crippen molar-refractivity contribution in [1.82, 2.24) is 4.98 Å². The second-order valence-corrected chi connectivity index (χ2v) is 2.51. The largest absolute Gasteiger partial charge is 0.364 e. The van der Waals surface area contributed by atoms with Gasteiger partial charge in [0.15, 0.2) is 0 Å². The van der Waals surface area contributed by atoms with Crippen LogP contribution in [0.5, 0.6) is 0 Å². The van der Waals surface area contributed by atoms with Gasteiger partial charge in [-0.1, -0.05) is 23.6 Å². The molecule has 0 spiro atoms. The lowest BCUT2D eigenvalue weighted by atomic mass is 10.3. The molecule has 0 fully saturated rings. The van der Waals surface area contributed by atoms with Crippen LogP contribution < -0.4 is 0 Å². The minimum absolute atomic E-state index is 0.297. The fourth-order valence-corrected chi connectivity index (χ4v) is 0.921. The normalized spacial score (nSPS) is 9.33. The van der Waals surface area contributed by atoms with E-state index < -0.39 is 0 Å². The van der Waals surface area contributed by atoms with E-state index in [-0.39, 0.29) is 0 Å². The molecule has 62 valence electrons. The first-order chi connectivity index (χ1) is 5.84. The van der Waals surface area contributed by atoms with E-state index in [9.17, 15) is 0 Å². The molecule has 0 radical (unpaired) electrons. The lowest BCUT2D eigenvalue weighted by Gasteiger charge is -2.01. The van der Waals surface area contributed by atoms with Crippen LogP contribution in [0.4, 0.5) is 0 Å². The van der Waals surface area contributed by atoms with Crippen LogP contribution in [0, 0.1) is 12.3 Å². The molecule has 3 heteroatoms. The first-order valence-electron chi connectivity index (χ1n) is 3.45. The quantitative estimate of drug-likeness (QED) is 0.404. The molecule has 1 heterocycles. The summed E-state index contributed by atoms with van der Waals surface area (Å²) in [4.78, 5) is 3.89. The first kappa shape index (κ1) is 9.05. The summed E-state index contributed by atoms with van der Waals surface area (Å²) in [5.74, 6) is 2.37. The van der Waals surface area contributed by atoms with Crippen LogP contribution >= 0.6 is 11.6 Å². The van der Waals surface area contributed by atoms with Gasteiger partial charge in [0, 0.05) is 11.8 Å². The molecule has 1 rings (SSSR count). The topological polar surface area (TPSA) is 22.1 Å². The summed E-state index contributed by atoms with van der Waals surface area (Å²) in [6.07, 6.45) is 6.64. The van der Waals surface area contributed by atoms with Gasteiger partial charge >= 0.3 is 0 Å². The average molecular weight is 182 g/mol. The van der Waals surface area contributed by atoms with E-state index in [0.717, 1.165) is 5.56 Å². The van der Waals surface area contributed by atoms with E-state index in [4.69, 9.17) is 22.8 Å². The summed E-state index contributed by atoms with van der Waals surface area (Å²) < 4.78 is 5.09. The van der Waals surface area contributed by atoms with Crippen LogP contribution in [0.1, 0.15) is 5.56 Å². The Kier molecular flexibility index (Phi) is 3.59. The third-order valence-electron chi connectivity index (χ3n) is 1.28. The first-order valence-corrected chi connectivity index (χ1v) is 3.83. The van der Waals surface area contributed by atoms with Gasteiger partial charge in [-0.25, -0.2) is 4.98 Å². The van der Waals surface area contributed by atoms with Crippen molar-refractivity contribution < 1.29 is 4.74 Å². The van der Waals surface area contributed by atoms with Crippen LogP contribution in [0.15, 0.2) is 18.3 Å². The Bertz CT molecular complexity index is 293. The van der Waals surface area contributed by atoms with Crippen molar-refractivity contribution >= 4 is 11.6 Å². The number of hydrogen-bond donors (Lipinski definition) is 0. The zero-order valence-corrected chi connectivity index (χ0v) is 7.21. The van der Waals surface area contributed by atoms with Gasteiger partial charge in [-0.3, -0.25) is 0 Å². The number of nitrogens with zero attached hydrogens (tertiary/aromatic N) is 1. The van der Waals surface area contributed by atoms with Gasteiger partial charge in [0.1, 0.15) is 11.8 Å². The molecule has 0 bridgehead atoms. The zero-order chi connectivity index (χ0) is 8.81. The molecule has 0 saturated carbocycles.